The quantitative estimate of drug-likeness (QED) is 0.192. The molecular weight excluding hydrogens is 683 g/mol. The predicted molar refractivity (Wildman–Crippen MR) is 236 cm³/mol. The zero-order valence-corrected chi connectivity index (χ0v) is 34.1. The van der Waals surface area contributed by atoms with E-state index >= 15 is 0 Å². The Kier molecular flexibility index (Phi) is 9.00. The normalized spacial score (nSPS) is 12.4. The van der Waals surface area contributed by atoms with Crippen molar-refractivity contribution in [2.45, 2.75) is 78.6 Å². The molecule has 0 saturated carbocycles. The first-order valence-corrected chi connectivity index (χ1v) is 19.6. The molecule has 0 atom stereocenters. The number of hydrogen-bond acceptors (Lipinski definition) is 3. The smallest absolute Gasteiger partial charge is 0.149 e. The van der Waals surface area contributed by atoms with Gasteiger partial charge in [-0.2, -0.15) is 0 Å². The molecule has 0 aliphatic carbocycles. The lowest BCUT2D eigenvalue weighted by Gasteiger charge is -2.27. The van der Waals surface area contributed by atoms with Crippen molar-refractivity contribution in [3.8, 4) is 56.3 Å². The Hall–Kier alpha value is -6.00. The molecule has 0 amide bonds. The van der Waals surface area contributed by atoms with Crippen LogP contribution in [-0.4, -0.2) is 19.6 Å². The molecule has 0 saturated heterocycles. The molecule has 1 N–H and O–H groups in total. The molecule has 6 aromatic carbocycles. The minimum absolute atomic E-state index is 0.119. The third-order valence-electron chi connectivity index (χ3n) is 11.0. The summed E-state index contributed by atoms with van der Waals surface area (Å²) in [5.74, 6) is 0.979. The second-order valence-corrected chi connectivity index (χ2v) is 18.2. The lowest BCUT2D eigenvalue weighted by molar-refractivity contribution is 0.446. The summed E-state index contributed by atoms with van der Waals surface area (Å²) in [6.45, 7) is 19.9. The molecule has 8 aromatic rings. The van der Waals surface area contributed by atoms with Crippen LogP contribution >= 0.6 is 0 Å². The maximum absolute atomic E-state index is 12.3. The number of nitrogens with zero attached hydrogens (tertiary/aromatic N) is 3. The number of benzene rings is 6. The second-order valence-electron chi connectivity index (χ2n) is 18.2. The molecule has 0 aliphatic heterocycles. The molecule has 4 nitrogen and oxygen atoms in total. The van der Waals surface area contributed by atoms with Crippen molar-refractivity contribution in [1.82, 2.24) is 14.5 Å². The highest BCUT2D eigenvalue weighted by Gasteiger charge is 2.29. The van der Waals surface area contributed by atoms with E-state index in [1.807, 2.05) is 12.3 Å². The summed E-state index contributed by atoms with van der Waals surface area (Å²) >= 11 is 0. The Morgan fingerprint density at radius 2 is 1.18 bits per heavy atom. The van der Waals surface area contributed by atoms with Gasteiger partial charge in [-0.15, -0.1) is 0 Å². The van der Waals surface area contributed by atoms with Crippen LogP contribution in [0.1, 0.15) is 79.0 Å². The number of phenols is 1. The molecule has 0 spiro atoms. The van der Waals surface area contributed by atoms with Crippen LogP contribution in [0.4, 0.5) is 0 Å². The fraction of sp³-hybridized carbons (Fsp3) is 0.231. The fourth-order valence-corrected chi connectivity index (χ4v) is 7.73. The molecule has 0 bridgehead atoms. The van der Waals surface area contributed by atoms with E-state index in [0.29, 0.717) is 5.82 Å². The van der Waals surface area contributed by atoms with Gasteiger partial charge < -0.3 is 5.11 Å². The zero-order valence-electron chi connectivity index (χ0n) is 34.1. The predicted octanol–water partition coefficient (Wildman–Crippen LogP) is 13.8. The minimum atomic E-state index is -0.294. The van der Waals surface area contributed by atoms with E-state index in [-0.39, 0.29) is 22.0 Å². The first kappa shape index (κ1) is 36.9. The van der Waals surface area contributed by atoms with E-state index in [9.17, 15) is 5.11 Å². The van der Waals surface area contributed by atoms with E-state index in [2.05, 4.69) is 194 Å². The van der Waals surface area contributed by atoms with Gasteiger partial charge in [0.15, 0.2) is 0 Å². The van der Waals surface area contributed by atoms with Crippen LogP contribution in [0.3, 0.4) is 0 Å². The van der Waals surface area contributed by atoms with Crippen LogP contribution in [-0.2, 0) is 16.2 Å². The third kappa shape index (κ3) is 6.79. The summed E-state index contributed by atoms with van der Waals surface area (Å²) in [5, 5.41) is 14.6. The number of fused-ring (bicyclic) bond motifs is 2. The monoisotopic (exact) mass is 733 g/mol. The standard InChI is InChI=1S/C52H51N3O/c1-50(2,3)38-28-36(27-37(29-38)44-30-35(25-26-53-44)33-17-11-10-12-18-33)41-22-16-24-46-47(41)54-49(55(46)45-23-15-20-34-19-13-14-21-40(34)45)42-31-39(51(4,5)6)32-43(48(42)56)52(7,8)9/h10-32,56H,1-9H3. The maximum Gasteiger partial charge on any atom is 0.149 e. The fourth-order valence-electron chi connectivity index (χ4n) is 7.73. The Morgan fingerprint density at radius 1 is 0.518 bits per heavy atom. The summed E-state index contributed by atoms with van der Waals surface area (Å²) in [5.41, 5.74) is 12.7. The van der Waals surface area contributed by atoms with E-state index in [0.717, 1.165) is 77.7 Å². The number of phenolic OH excluding ortho intramolecular Hbond substituents is 1. The average molecular weight is 734 g/mol. The van der Waals surface area contributed by atoms with Gasteiger partial charge in [0.2, 0.25) is 0 Å². The summed E-state index contributed by atoms with van der Waals surface area (Å²) < 4.78 is 2.26. The molecule has 280 valence electrons. The number of hydrogen-bond donors (Lipinski definition) is 1. The Labute approximate surface area is 331 Å². The Morgan fingerprint density at radius 3 is 1.91 bits per heavy atom. The van der Waals surface area contributed by atoms with Crippen LogP contribution in [0.15, 0.2) is 140 Å². The molecule has 8 rings (SSSR count). The van der Waals surface area contributed by atoms with Crippen molar-refractivity contribution < 1.29 is 5.11 Å². The van der Waals surface area contributed by atoms with Crippen LogP contribution < -0.4 is 0 Å². The van der Waals surface area contributed by atoms with E-state index < -0.39 is 0 Å². The Bertz CT molecular complexity index is 2750. The molecular formula is C52H51N3O. The third-order valence-corrected chi connectivity index (χ3v) is 11.0. The second kappa shape index (κ2) is 13.6. The maximum atomic E-state index is 12.3. The van der Waals surface area contributed by atoms with Gasteiger partial charge in [-0.25, -0.2) is 4.98 Å². The van der Waals surface area contributed by atoms with Gasteiger partial charge >= 0.3 is 0 Å². The highest BCUT2D eigenvalue weighted by atomic mass is 16.3. The van der Waals surface area contributed by atoms with Gasteiger partial charge in [0, 0.05) is 28.3 Å². The van der Waals surface area contributed by atoms with Gasteiger partial charge in [-0.05, 0) is 91.9 Å². The van der Waals surface area contributed by atoms with E-state index in [1.54, 1.807) is 0 Å². The average Bonchev–Trinajstić information content (AvgIpc) is 3.56. The summed E-state index contributed by atoms with van der Waals surface area (Å²) in [6.07, 6.45) is 1.91. The first-order valence-electron chi connectivity index (χ1n) is 19.6. The molecule has 0 aliphatic rings. The van der Waals surface area contributed by atoms with Crippen molar-refractivity contribution in [1.29, 1.82) is 0 Å². The highest BCUT2D eigenvalue weighted by Crippen LogP contribution is 2.45. The van der Waals surface area contributed by atoms with E-state index in [4.69, 9.17) is 9.97 Å². The van der Waals surface area contributed by atoms with Crippen molar-refractivity contribution in [2.24, 2.45) is 0 Å². The number of imidazole rings is 1. The molecule has 0 radical (unpaired) electrons. The van der Waals surface area contributed by atoms with Crippen LogP contribution in [0.25, 0.3) is 72.4 Å². The van der Waals surface area contributed by atoms with Gasteiger partial charge in [0.05, 0.1) is 28.0 Å². The summed E-state index contributed by atoms with van der Waals surface area (Å²) in [7, 11) is 0. The molecule has 2 aromatic heterocycles. The number of para-hydroxylation sites is 1. The van der Waals surface area contributed by atoms with Crippen molar-refractivity contribution in [2.75, 3.05) is 0 Å². The summed E-state index contributed by atoms with van der Waals surface area (Å²) in [6, 6.07) is 47.3. The number of pyridine rings is 1. The number of aromatic hydroxyl groups is 1. The van der Waals surface area contributed by atoms with Gasteiger partial charge in [0.1, 0.15) is 11.6 Å². The lowest BCUT2D eigenvalue weighted by Crippen LogP contribution is -2.17. The van der Waals surface area contributed by atoms with Gasteiger partial charge in [0.25, 0.3) is 0 Å². The number of aromatic nitrogens is 3. The SMILES string of the molecule is CC(C)(C)c1cc(-c2cc(-c3ccccc3)ccn2)cc(-c2cccc3c2nc(-c2cc(C(C)(C)C)cc(C(C)(C)C)c2O)n3-c2cccc3ccccc23)c1. The minimum Gasteiger partial charge on any atom is -0.507 e. The van der Waals surface area contributed by atoms with Crippen molar-refractivity contribution in [3.63, 3.8) is 0 Å². The molecule has 56 heavy (non-hydrogen) atoms. The largest absolute Gasteiger partial charge is 0.507 e. The molecule has 0 unspecified atom stereocenters. The molecule has 2 heterocycles. The van der Waals surface area contributed by atoms with Crippen LogP contribution in [0.5, 0.6) is 5.75 Å². The zero-order chi connectivity index (χ0) is 39.6. The number of rotatable bonds is 5. The van der Waals surface area contributed by atoms with E-state index in [1.165, 1.54) is 5.56 Å². The topological polar surface area (TPSA) is 50.9 Å². The molecule has 0 fully saturated rings. The van der Waals surface area contributed by atoms with Gasteiger partial charge in [-0.1, -0.05) is 153 Å². The van der Waals surface area contributed by atoms with Crippen LogP contribution in [0, 0.1) is 0 Å². The highest BCUT2D eigenvalue weighted by molar-refractivity contribution is 6.00. The van der Waals surface area contributed by atoms with Crippen molar-refractivity contribution in [3.05, 3.63) is 156 Å². The first-order chi connectivity index (χ1) is 26.6. The van der Waals surface area contributed by atoms with Crippen LogP contribution in [0.2, 0.25) is 0 Å². The Balaban J connectivity index is 1.44. The van der Waals surface area contributed by atoms with Gasteiger partial charge in [-0.3, -0.25) is 9.55 Å². The molecule has 4 heteroatoms. The summed E-state index contributed by atoms with van der Waals surface area (Å²) in [4.78, 5) is 10.5. The lowest BCUT2D eigenvalue weighted by atomic mass is 9.79. The van der Waals surface area contributed by atoms with Crippen molar-refractivity contribution >= 4 is 21.8 Å².